The van der Waals surface area contributed by atoms with E-state index in [4.69, 9.17) is 11.6 Å². The highest BCUT2D eigenvalue weighted by Crippen LogP contribution is 2.16. The van der Waals surface area contributed by atoms with Crippen molar-refractivity contribution in [2.45, 2.75) is 18.0 Å². The maximum absolute atomic E-state index is 13.8. The summed E-state index contributed by atoms with van der Waals surface area (Å²) in [6, 6.07) is 16.2. The molecule has 1 aromatic heterocycles. The molecule has 0 atom stereocenters. The molecule has 130 valence electrons. The summed E-state index contributed by atoms with van der Waals surface area (Å²) >= 11 is 5.85. The quantitative estimate of drug-likeness (QED) is 0.709. The lowest BCUT2D eigenvalue weighted by atomic mass is 10.2. The predicted molar refractivity (Wildman–Crippen MR) is 95.4 cm³/mol. The number of nitrogens with zero attached hydrogens (tertiary/aromatic N) is 1. The van der Waals surface area contributed by atoms with E-state index in [9.17, 15) is 12.8 Å². The average molecular weight is 379 g/mol. The summed E-state index contributed by atoms with van der Waals surface area (Å²) in [5.74, 6) is -0.290. The Morgan fingerprint density at radius 1 is 1.04 bits per heavy atom. The second-order valence-corrected chi connectivity index (χ2v) is 7.70. The molecular formula is C18H16ClFN2O2S. The summed E-state index contributed by atoms with van der Waals surface area (Å²) in [5, 5.41) is 0.353. The van der Waals surface area contributed by atoms with Crippen LogP contribution in [0.4, 0.5) is 4.39 Å². The van der Waals surface area contributed by atoms with E-state index in [-0.39, 0.29) is 17.3 Å². The van der Waals surface area contributed by atoms with E-state index in [0.717, 1.165) is 5.69 Å². The van der Waals surface area contributed by atoms with E-state index in [1.54, 1.807) is 53.2 Å². The van der Waals surface area contributed by atoms with Gasteiger partial charge in [0.1, 0.15) is 5.82 Å². The van der Waals surface area contributed by atoms with Crippen molar-refractivity contribution in [2.75, 3.05) is 0 Å². The van der Waals surface area contributed by atoms with Crippen LogP contribution in [0.25, 0.3) is 0 Å². The zero-order valence-electron chi connectivity index (χ0n) is 13.2. The number of aromatic nitrogens is 1. The molecule has 0 spiro atoms. The van der Waals surface area contributed by atoms with E-state index in [1.807, 2.05) is 0 Å². The van der Waals surface area contributed by atoms with E-state index in [0.29, 0.717) is 17.1 Å². The molecular weight excluding hydrogens is 363 g/mol. The zero-order valence-corrected chi connectivity index (χ0v) is 14.8. The van der Waals surface area contributed by atoms with Crippen LogP contribution in [0.5, 0.6) is 0 Å². The van der Waals surface area contributed by atoms with Crippen LogP contribution in [0.1, 0.15) is 11.3 Å². The fraction of sp³-hybridized carbons (Fsp3) is 0.111. The molecule has 0 unspecified atom stereocenters. The molecule has 0 aliphatic heterocycles. The zero-order chi connectivity index (χ0) is 17.9. The second kappa shape index (κ2) is 7.39. The minimum absolute atomic E-state index is 0.0936. The van der Waals surface area contributed by atoms with Crippen LogP contribution in [0.3, 0.4) is 0 Å². The molecule has 2 aromatic carbocycles. The molecule has 0 fully saturated rings. The lowest BCUT2D eigenvalue weighted by molar-refractivity contribution is 0.574. The molecule has 0 aliphatic rings. The Hall–Kier alpha value is -2.15. The van der Waals surface area contributed by atoms with Gasteiger partial charge in [-0.1, -0.05) is 35.9 Å². The van der Waals surface area contributed by atoms with Crippen molar-refractivity contribution in [3.8, 4) is 0 Å². The van der Waals surface area contributed by atoms with E-state index >= 15 is 0 Å². The average Bonchev–Trinajstić information content (AvgIpc) is 3.02. The Morgan fingerprint density at radius 3 is 2.60 bits per heavy atom. The molecule has 3 aromatic rings. The third-order valence-electron chi connectivity index (χ3n) is 3.77. The molecule has 4 nitrogen and oxygen atoms in total. The first-order chi connectivity index (χ1) is 12.0. The van der Waals surface area contributed by atoms with E-state index < -0.39 is 10.0 Å². The smallest absolute Gasteiger partial charge is 0.240 e. The Balaban J connectivity index is 1.75. The summed E-state index contributed by atoms with van der Waals surface area (Å²) < 4.78 is 42.9. The number of hydrogen-bond donors (Lipinski definition) is 1. The summed E-state index contributed by atoms with van der Waals surface area (Å²) in [6.45, 7) is 0.421. The molecule has 1 N–H and O–H groups in total. The van der Waals surface area contributed by atoms with Gasteiger partial charge in [-0.3, -0.25) is 0 Å². The van der Waals surface area contributed by atoms with Crippen molar-refractivity contribution in [2.24, 2.45) is 0 Å². The number of benzene rings is 2. The van der Waals surface area contributed by atoms with E-state index in [2.05, 4.69) is 4.72 Å². The molecule has 7 heteroatoms. The minimum atomic E-state index is -3.68. The Kier molecular flexibility index (Phi) is 5.22. The van der Waals surface area contributed by atoms with Crippen LogP contribution < -0.4 is 4.72 Å². The first kappa shape index (κ1) is 17.7. The standard InChI is InChI=1S/C18H16ClFN2O2S/c19-15-6-3-8-17(11-15)25(23,24)21-12-16-7-4-10-22(16)13-14-5-1-2-9-18(14)20/h1-11,21H,12-13H2. The number of hydrogen-bond acceptors (Lipinski definition) is 2. The fourth-order valence-electron chi connectivity index (χ4n) is 2.46. The molecule has 0 aliphatic carbocycles. The highest BCUT2D eigenvalue weighted by atomic mass is 35.5. The van der Waals surface area contributed by atoms with Gasteiger partial charge >= 0.3 is 0 Å². The summed E-state index contributed by atoms with van der Waals surface area (Å²) in [4.78, 5) is 0.104. The Labute approximate surface area is 150 Å². The van der Waals surface area contributed by atoms with Gasteiger partial charge in [-0.25, -0.2) is 17.5 Å². The van der Waals surface area contributed by atoms with Crippen LogP contribution in [0.15, 0.2) is 71.8 Å². The summed E-state index contributed by atoms with van der Waals surface area (Å²) in [6.07, 6.45) is 1.79. The van der Waals surface area contributed by atoms with Crippen LogP contribution in [0.2, 0.25) is 5.02 Å². The SMILES string of the molecule is O=S(=O)(NCc1cccn1Cc1ccccc1F)c1cccc(Cl)c1. The van der Waals surface area contributed by atoms with Crippen molar-refractivity contribution < 1.29 is 12.8 Å². The molecule has 1 heterocycles. The normalized spacial score (nSPS) is 11.6. The number of nitrogens with one attached hydrogen (secondary N) is 1. The maximum atomic E-state index is 13.8. The number of sulfonamides is 1. The second-order valence-electron chi connectivity index (χ2n) is 5.50. The van der Waals surface area contributed by atoms with Gasteiger partial charge in [0.2, 0.25) is 10.0 Å². The molecule has 0 bridgehead atoms. The fourth-order valence-corrected chi connectivity index (χ4v) is 3.76. The van der Waals surface area contributed by atoms with Gasteiger partial charge in [-0.05, 0) is 36.4 Å². The van der Waals surface area contributed by atoms with Crippen LogP contribution in [-0.2, 0) is 23.1 Å². The van der Waals surface area contributed by atoms with Crippen LogP contribution in [0, 0.1) is 5.82 Å². The van der Waals surface area contributed by atoms with Gasteiger partial charge < -0.3 is 4.57 Å². The largest absolute Gasteiger partial charge is 0.346 e. The lowest BCUT2D eigenvalue weighted by Gasteiger charge is -2.12. The molecule has 0 saturated carbocycles. The minimum Gasteiger partial charge on any atom is -0.346 e. The van der Waals surface area contributed by atoms with E-state index in [1.165, 1.54) is 18.2 Å². The van der Waals surface area contributed by atoms with Crippen molar-refractivity contribution in [1.29, 1.82) is 0 Å². The third kappa shape index (κ3) is 4.28. The molecule has 0 saturated heterocycles. The first-order valence-corrected chi connectivity index (χ1v) is 9.44. The number of rotatable bonds is 6. The molecule has 3 rings (SSSR count). The van der Waals surface area contributed by atoms with Crippen LogP contribution >= 0.6 is 11.6 Å². The predicted octanol–water partition coefficient (Wildman–Crippen LogP) is 3.81. The number of halogens is 2. The van der Waals surface area contributed by atoms with Crippen molar-refractivity contribution in [3.63, 3.8) is 0 Å². The maximum Gasteiger partial charge on any atom is 0.240 e. The third-order valence-corrected chi connectivity index (χ3v) is 5.41. The highest BCUT2D eigenvalue weighted by Gasteiger charge is 2.15. The van der Waals surface area contributed by atoms with Gasteiger partial charge in [-0.2, -0.15) is 0 Å². The molecule has 0 radical (unpaired) electrons. The van der Waals surface area contributed by atoms with Crippen molar-refractivity contribution in [3.05, 3.63) is 89.0 Å². The monoisotopic (exact) mass is 378 g/mol. The lowest BCUT2D eigenvalue weighted by Crippen LogP contribution is -2.24. The first-order valence-electron chi connectivity index (χ1n) is 7.58. The van der Waals surface area contributed by atoms with Crippen LogP contribution in [-0.4, -0.2) is 13.0 Å². The summed E-state index contributed by atoms with van der Waals surface area (Å²) in [7, 11) is -3.68. The van der Waals surface area contributed by atoms with Crippen molar-refractivity contribution >= 4 is 21.6 Å². The van der Waals surface area contributed by atoms with Gasteiger partial charge in [0.25, 0.3) is 0 Å². The Morgan fingerprint density at radius 2 is 1.84 bits per heavy atom. The Bertz CT molecular complexity index is 986. The molecule has 25 heavy (non-hydrogen) atoms. The summed E-state index contributed by atoms with van der Waals surface area (Å²) in [5.41, 5.74) is 1.27. The van der Waals surface area contributed by atoms with Gasteiger partial charge in [0.05, 0.1) is 18.0 Å². The molecule has 0 amide bonds. The van der Waals surface area contributed by atoms with Gasteiger partial charge in [0, 0.05) is 22.5 Å². The topological polar surface area (TPSA) is 51.1 Å². The van der Waals surface area contributed by atoms with Gasteiger partial charge in [0.15, 0.2) is 0 Å². The highest BCUT2D eigenvalue weighted by molar-refractivity contribution is 7.89. The van der Waals surface area contributed by atoms with Crippen molar-refractivity contribution in [1.82, 2.24) is 9.29 Å². The van der Waals surface area contributed by atoms with Gasteiger partial charge in [-0.15, -0.1) is 0 Å².